The molecule has 4 rings (SSSR count). The fourth-order valence-corrected chi connectivity index (χ4v) is 5.04. The third kappa shape index (κ3) is 5.86. The molecule has 1 aromatic carbocycles. The van der Waals surface area contributed by atoms with Gasteiger partial charge in [-0.3, -0.25) is 9.78 Å². The number of allylic oxidation sites excluding steroid dienone is 1. The van der Waals surface area contributed by atoms with Gasteiger partial charge in [-0.25, -0.2) is 9.79 Å². The lowest BCUT2D eigenvalue weighted by atomic mass is 9.93. The van der Waals surface area contributed by atoms with Crippen molar-refractivity contribution in [2.45, 2.75) is 25.9 Å². The van der Waals surface area contributed by atoms with Crippen LogP contribution in [0.4, 0.5) is 0 Å². The number of carbonyl (C=O) groups excluding carboxylic acids is 2. The minimum Gasteiger partial charge on any atom is -0.497 e. The molecule has 0 unspecified atom stereocenters. The van der Waals surface area contributed by atoms with Crippen molar-refractivity contribution in [2.75, 3.05) is 20.8 Å². The number of methoxy groups -OCH3 is 2. The maximum Gasteiger partial charge on any atom is 0.338 e. The Labute approximate surface area is 219 Å². The number of benzene rings is 1. The van der Waals surface area contributed by atoms with Crippen molar-refractivity contribution in [3.8, 4) is 11.5 Å². The molecular weight excluding hydrogens is 492 g/mol. The molecule has 192 valence electrons. The van der Waals surface area contributed by atoms with Gasteiger partial charge in [0, 0.05) is 30.7 Å². The van der Waals surface area contributed by atoms with Crippen LogP contribution in [0, 0.1) is 0 Å². The highest BCUT2D eigenvalue weighted by atomic mass is 32.2. The van der Waals surface area contributed by atoms with Crippen LogP contribution in [0.25, 0.3) is 0 Å². The summed E-state index contributed by atoms with van der Waals surface area (Å²) in [6, 6.07) is 8.53. The van der Waals surface area contributed by atoms with E-state index < -0.39 is 12.0 Å². The van der Waals surface area contributed by atoms with E-state index in [0.717, 1.165) is 11.1 Å². The Kier molecular flexibility index (Phi) is 8.29. The van der Waals surface area contributed by atoms with Crippen LogP contribution in [-0.4, -0.2) is 47.8 Å². The first-order valence-corrected chi connectivity index (χ1v) is 12.4. The first-order chi connectivity index (χ1) is 17.9. The lowest BCUT2D eigenvalue weighted by Gasteiger charge is -2.36. The highest BCUT2D eigenvalue weighted by molar-refractivity contribution is 8.16. The molecule has 0 fully saturated rings. The third-order valence-corrected chi connectivity index (χ3v) is 6.71. The molecule has 10 heteroatoms. The molecule has 3 heterocycles. The highest BCUT2D eigenvalue weighted by Gasteiger charge is 2.41. The summed E-state index contributed by atoms with van der Waals surface area (Å²) in [5.41, 5.74) is 3.30. The predicted molar refractivity (Wildman–Crippen MR) is 142 cm³/mol. The quantitative estimate of drug-likeness (QED) is 0.369. The molecule has 0 radical (unpaired) electrons. The van der Waals surface area contributed by atoms with Gasteiger partial charge in [-0.1, -0.05) is 24.4 Å². The highest BCUT2D eigenvalue weighted by Crippen LogP contribution is 2.46. The normalized spacial score (nSPS) is 16.4. The number of esters is 1. The SMILES string of the molecule is C=CCOC(=O)C1=C(C)N=C2SC=C(CC(=O)NCc3ccncc3)N2[C@H]1c1cc(OC)cc(OC)c1. The molecule has 0 saturated heterocycles. The summed E-state index contributed by atoms with van der Waals surface area (Å²) in [4.78, 5) is 36.7. The monoisotopic (exact) mass is 520 g/mol. The van der Waals surface area contributed by atoms with Crippen molar-refractivity contribution >= 4 is 28.8 Å². The Balaban J connectivity index is 1.68. The second-order valence-corrected chi connectivity index (χ2v) is 9.07. The van der Waals surface area contributed by atoms with Gasteiger partial charge in [-0.05, 0) is 47.7 Å². The van der Waals surface area contributed by atoms with Crippen molar-refractivity contribution in [3.63, 3.8) is 0 Å². The van der Waals surface area contributed by atoms with E-state index >= 15 is 0 Å². The van der Waals surface area contributed by atoms with E-state index in [9.17, 15) is 9.59 Å². The number of aromatic nitrogens is 1. The van der Waals surface area contributed by atoms with Crippen LogP contribution in [0.3, 0.4) is 0 Å². The standard InChI is InChI=1S/C27H28N4O5S/c1-5-10-36-26(33)24-17(2)30-27-31(25(24)19-11-21(34-3)14-22(12-19)35-4)20(16-37-27)13-23(32)29-15-18-6-8-28-9-7-18/h5-9,11-12,14,16,25H,1,10,13,15H2,2-4H3,(H,29,32)/t25-/m0/s1. The fraction of sp³-hybridized carbons (Fsp3) is 0.259. The third-order valence-electron chi connectivity index (χ3n) is 5.82. The Morgan fingerprint density at radius 3 is 2.51 bits per heavy atom. The summed E-state index contributed by atoms with van der Waals surface area (Å²) in [7, 11) is 3.13. The van der Waals surface area contributed by atoms with Gasteiger partial charge in [0.1, 0.15) is 18.1 Å². The minimum absolute atomic E-state index is 0.0647. The fourth-order valence-electron chi connectivity index (χ4n) is 4.07. The van der Waals surface area contributed by atoms with E-state index in [2.05, 4.69) is 21.9 Å². The topological polar surface area (TPSA) is 102 Å². The zero-order valence-corrected chi connectivity index (χ0v) is 21.7. The number of aliphatic imine (C=N–C) groups is 1. The molecule has 2 aliphatic rings. The van der Waals surface area contributed by atoms with Crippen LogP contribution in [0.15, 0.2) is 82.7 Å². The summed E-state index contributed by atoms with van der Waals surface area (Å²) in [6.07, 6.45) is 4.98. The number of hydrogen-bond donors (Lipinski definition) is 1. The number of ether oxygens (including phenoxy) is 3. The van der Waals surface area contributed by atoms with Crippen LogP contribution in [-0.2, 0) is 20.9 Å². The maximum absolute atomic E-state index is 13.2. The van der Waals surface area contributed by atoms with Gasteiger partial charge < -0.3 is 24.4 Å². The van der Waals surface area contributed by atoms with Crippen molar-refractivity contribution < 1.29 is 23.8 Å². The number of fused-ring (bicyclic) bond motifs is 1. The smallest absolute Gasteiger partial charge is 0.338 e. The van der Waals surface area contributed by atoms with Crippen LogP contribution in [0.2, 0.25) is 0 Å². The second-order valence-electron chi connectivity index (χ2n) is 8.24. The molecule has 1 amide bonds. The summed E-state index contributed by atoms with van der Waals surface area (Å²) in [5.74, 6) is 0.476. The van der Waals surface area contributed by atoms with Crippen LogP contribution < -0.4 is 14.8 Å². The van der Waals surface area contributed by atoms with Gasteiger partial charge in [-0.2, -0.15) is 0 Å². The van der Waals surface area contributed by atoms with Gasteiger partial charge in [0.25, 0.3) is 0 Å². The Morgan fingerprint density at radius 1 is 1.16 bits per heavy atom. The van der Waals surface area contributed by atoms with Gasteiger partial charge in [-0.15, -0.1) is 0 Å². The summed E-state index contributed by atoms with van der Waals surface area (Å²) in [5, 5.41) is 5.50. The van der Waals surface area contributed by atoms with E-state index in [-0.39, 0.29) is 18.9 Å². The predicted octanol–water partition coefficient (Wildman–Crippen LogP) is 4.11. The molecule has 1 aromatic heterocycles. The lowest BCUT2D eigenvalue weighted by Crippen LogP contribution is -2.38. The summed E-state index contributed by atoms with van der Waals surface area (Å²) >= 11 is 1.41. The Morgan fingerprint density at radius 2 is 1.86 bits per heavy atom. The van der Waals surface area contributed by atoms with E-state index in [0.29, 0.717) is 40.2 Å². The number of carbonyl (C=O) groups is 2. The van der Waals surface area contributed by atoms with Gasteiger partial charge in [0.05, 0.1) is 38.0 Å². The molecule has 9 nitrogen and oxygen atoms in total. The van der Waals surface area contributed by atoms with Crippen molar-refractivity contribution in [3.05, 3.63) is 88.9 Å². The average molecular weight is 521 g/mol. The van der Waals surface area contributed by atoms with Crippen molar-refractivity contribution in [2.24, 2.45) is 4.99 Å². The number of nitrogens with zero attached hydrogens (tertiary/aromatic N) is 3. The number of rotatable bonds is 10. The van der Waals surface area contributed by atoms with Gasteiger partial charge in [0.15, 0.2) is 5.17 Å². The maximum atomic E-state index is 13.2. The molecule has 2 aliphatic heterocycles. The summed E-state index contributed by atoms with van der Waals surface area (Å²) in [6.45, 7) is 5.86. The average Bonchev–Trinajstić information content (AvgIpc) is 3.31. The molecule has 0 saturated carbocycles. The molecule has 0 bridgehead atoms. The first kappa shape index (κ1) is 26.0. The first-order valence-electron chi connectivity index (χ1n) is 11.6. The van der Waals surface area contributed by atoms with Crippen molar-refractivity contribution in [1.29, 1.82) is 0 Å². The molecule has 1 N–H and O–H groups in total. The number of amides is 1. The molecule has 0 aliphatic carbocycles. The molecule has 1 atom stereocenters. The number of hydrogen-bond acceptors (Lipinski definition) is 9. The van der Waals surface area contributed by atoms with E-state index in [1.807, 2.05) is 34.6 Å². The van der Waals surface area contributed by atoms with E-state index in [1.165, 1.54) is 17.8 Å². The second kappa shape index (κ2) is 11.8. The number of nitrogens with one attached hydrogen (secondary N) is 1. The van der Waals surface area contributed by atoms with Crippen LogP contribution in [0.5, 0.6) is 11.5 Å². The molecule has 37 heavy (non-hydrogen) atoms. The van der Waals surface area contributed by atoms with Crippen LogP contribution in [0.1, 0.15) is 30.5 Å². The molecule has 2 aromatic rings. The zero-order chi connectivity index (χ0) is 26.4. The van der Waals surface area contributed by atoms with Crippen molar-refractivity contribution in [1.82, 2.24) is 15.2 Å². The minimum atomic E-state index is -0.608. The number of pyridine rings is 1. The van der Waals surface area contributed by atoms with E-state index in [4.69, 9.17) is 14.2 Å². The Bertz CT molecular complexity index is 1270. The van der Waals surface area contributed by atoms with E-state index in [1.54, 1.807) is 39.6 Å². The molecule has 0 spiro atoms. The lowest BCUT2D eigenvalue weighted by molar-refractivity contribution is -0.138. The van der Waals surface area contributed by atoms with Crippen LogP contribution >= 0.6 is 11.8 Å². The molecular formula is C27H28N4O5S. The Hall–Kier alpha value is -4.05. The van der Waals surface area contributed by atoms with Gasteiger partial charge >= 0.3 is 5.97 Å². The number of thioether (sulfide) groups is 1. The number of amidine groups is 1. The summed E-state index contributed by atoms with van der Waals surface area (Å²) < 4.78 is 16.4. The van der Waals surface area contributed by atoms with Gasteiger partial charge in [0.2, 0.25) is 5.91 Å². The zero-order valence-electron chi connectivity index (χ0n) is 20.9. The largest absolute Gasteiger partial charge is 0.497 e.